The van der Waals surface area contributed by atoms with E-state index >= 15 is 0 Å². The van der Waals surface area contributed by atoms with Crippen LogP contribution in [0, 0.1) is 6.92 Å². The van der Waals surface area contributed by atoms with Crippen molar-refractivity contribution in [1.29, 1.82) is 0 Å². The summed E-state index contributed by atoms with van der Waals surface area (Å²) in [5.41, 5.74) is 2.16. The summed E-state index contributed by atoms with van der Waals surface area (Å²) in [7, 11) is 1.57. The van der Waals surface area contributed by atoms with Crippen LogP contribution in [0.4, 0.5) is 5.69 Å². The maximum absolute atomic E-state index is 12.6. The third-order valence-electron chi connectivity index (χ3n) is 4.34. The van der Waals surface area contributed by atoms with Gasteiger partial charge in [0.05, 0.1) is 22.7 Å². The summed E-state index contributed by atoms with van der Waals surface area (Å²) in [5, 5.41) is 2.95. The molecule has 0 aromatic heterocycles. The fourth-order valence-electron chi connectivity index (χ4n) is 2.72. The maximum Gasteiger partial charge on any atom is 0.326 e. The maximum atomic E-state index is 12.6. The van der Waals surface area contributed by atoms with Gasteiger partial charge in [-0.25, -0.2) is 0 Å². The van der Waals surface area contributed by atoms with Crippen LogP contribution in [0.2, 0.25) is 5.02 Å². The van der Waals surface area contributed by atoms with Crippen LogP contribution >= 0.6 is 35.6 Å². The summed E-state index contributed by atoms with van der Waals surface area (Å²) in [6.07, 6.45) is 1.68. The van der Waals surface area contributed by atoms with Crippen molar-refractivity contribution in [3.05, 3.63) is 63.5 Å². The second-order valence-electron chi connectivity index (χ2n) is 6.73. The quantitative estimate of drug-likeness (QED) is 0.356. The van der Waals surface area contributed by atoms with E-state index in [0.717, 1.165) is 27.8 Å². The molecule has 2 amide bonds. The van der Waals surface area contributed by atoms with E-state index in [1.54, 1.807) is 55.7 Å². The second-order valence-corrected chi connectivity index (χ2v) is 8.82. The third kappa shape index (κ3) is 6.09. The summed E-state index contributed by atoms with van der Waals surface area (Å²) in [6.45, 7) is 0.974. The first-order chi connectivity index (χ1) is 15.3. The Morgan fingerprint density at radius 1 is 1.22 bits per heavy atom. The summed E-state index contributed by atoms with van der Waals surface area (Å²) >= 11 is 12.4. The highest BCUT2D eigenvalue weighted by molar-refractivity contribution is 8.26. The Morgan fingerprint density at radius 2 is 1.94 bits per heavy atom. The van der Waals surface area contributed by atoms with Gasteiger partial charge < -0.3 is 14.8 Å². The smallest absolute Gasteiger partial charge is 0.326 e. The number of esters is 1. The molecule has 0 radical (unpaired) electrons. The number of rotatable bonds is 7. The number of thioether (sulfide) groups is 1. The average Bonchev–Trinajstić information content (AvgIpc) is 3.02. The van der Waals surface area contributed by atoms with Crippen molar-refractivity contribution in [2.45, 2.75) is 6.92 Å². The van der Waals surface area contributed by atoms with Gasteiger partial charge in [-0.15, -0.1) is 0 Å². The molecule has 0 unspecified atom stereocenters. The van der Waals surface area contributed by atoms with Gasteiger partial charge in [0.1, 0.15) is 16.6 Å². The largest absolute Gasteiger partial charge is 0.497 e. The Balaban J connectivity index is 1.54. The number of halogens is 1. The molecule has 1 heterocycles. The number of aryl methyl sites for hydroxylation is 1. The number of methoxy groups -OCH3 is 1. The van der Waals surface area contributed by atoms with Gasteiger partial charge in [-0.05, 0) is 48.4 Å². The summed E-state index contributed by atoms with van der Waals surface area (Å²) in [6, 6.07) is 12.3. The normalized spacial score (nSPS) is 14.6. The van der Waals surface area contributed by atoms with Gasteiger partial charge >= 0.3 is 5.97 Å². The molecule has 1 fully saturated rings. The van der Waals surface area contributed by atoms with E-state index in [2.05, 4.69) is 5.32 Å². The van der Waals surface area contributed by atoms with Crippen molar-refractivity contribution in [2.24, 2.45) is 0 Å². The number of ether oxygens (including phenoxy) is 2. The Kier molecular flexibility index (Phi) is 7.89. The molecule has 0 spiro atoms. The lowest BCUT2D eigenvalue weighted by molar-refractivity contribution is -0.148. The van der Waals surface area contributed by atoms with Gasteiger partial charge in [0.25, 0.3) is 11.8 Å². The van der Waals surface area contributed by atoms with E-state index in [4.69, 9.17) is 33.3 Å². The fraction of sp³-hybridized carbons (Fsp3) is 0.182. The van der Waals surface area contributed by atoms with E-state index in [1.165, 1.54) is 0 Å². The van der Waals surface area contributed by atoms with E-state index in [1.807, 2.05) is 6.92 Å². The number of carbonyl (C=O) groups is 3. The van der Waals surface area contributed by atoms with Crippen molar-refractivity contribution in [1.82, 2.24) is 4.90 Å². The molecule has 32 heavy (non-hydrogen) atoms. The third-order valence-corrected chi connectivity index (χ3v) is 6.03. The van der Waals surface area contributed by atoms with E-state index in [-0.39, 0.29) is 10.9 Å². The lowest BCUT2D eigenvalue weighted by atomic mass is 10.2. The molecule has 1 aliphatic heterocycles. The van der Waals surface area contributed by atoms with Crippen molar-refractivity contribution >= 4 is 69.4 Å². The summed E-state index contributed by atoms with van der Waals surface area (Å²) in [4.78, 5) is 38.4. The summed E-state index contributed by atoms with van der Waals surface area (Å²) < 4.78 is 10.3. The van der Waals surface area contributed by atoms with E-state index in [0.29, 0.717) is 21.4 Å². The van der Waals surface area contributed by atoms with Crippen LogP contribution in [0.25, 0.3) is 6.08 Å². The molecule has 10 heteroatoms. The summed E-state index contributed by atoms with van der Waals surface area (Å²) in [5.74, 6) is -0.999. The fourth-order valence-corrected chi connectivity index (χ4v) is 4.25. The molecule has 1 aliphatic rings. The zero-order chi connectivity index (χ0) is 23.3. The van der Waals surface area contributed by atoms with E-state index < -0.39 is 24.4 Å². The number of anilines is 1. The van der Waals surface area contributed by atoms with Crippen LogP contribution in [0.15, 0.2) is 47.4 Å². The molecular weight excluding hydrogens is 472 g/mol. The minimum absolute atomic E-state index is 0.239. The molecule has 166 valence electrons. The molecular formula is C22H19ClN2O5S2. The first-order valence-corrected chi connectivity index (χ1v) is 11.0. The topological polar surface area (TPSA) is 84.9 Å². The Labute approximate surface area is 199 Å². The predicted octanol–water partition coefficient (Wildman–Crippen LogP) is 4.04. The lowest BCUT2D eigenvalue weighted by Crippen LogP contribution is -2.35. The SMILES string of the molecule is COc1ccc(C=C2SC(=S)N(CC(=O)OCC(=O)Nc3ccc(C)cc3Cl)C2=O)cc1. The highest BCUT2D eigenvalue weighted by atomic mass is 35.5. The highest BCUT2D eigenvalue weighted by Crippen LogP contribution is 2.32. The first kappa shape index (κ1) is 23.8. The molecule has 7 nitrogen and oxygen atoms in total. The van der Waals surface area contributed by atoms with Crippen LogP contribution in [0.1, 0.15) is 11.1 Å². The van der Waals surface area contributed by atoms with Gasteiger partial charge in [0.15, 0.2) is 6.61 Å². The highest BCUT2D eigenvalue weighted by Gasteiger charge is 2.33. The van der Waals surface area contributed by atoms with Crippen LogP contribution in [-0.2, 0) is 19.1 Å². The van der Waals surface area contributed by atoms with Crippen LogP contribution < -0.4 is 10.1 Å². The number of hydrogen-bond acceptors (Lipinski definition) is 7. The Hall–Kier alpha value is -2.88. The number of thiocarbonyl (C=S) groups is 1. The minimum atomic E-state index is -0.753. The molecule has 0 atom stereocenters. The molecule has 2 aromatic rings. The van der Waals surface area contributed by atoms with E-state index in [9.17, 15) is 14.4 Å². The number of amides is 2. The standard InChI is InChI=1S/C22H19ClN2O5S2/c1-13-3-8-17(16(23)9-13)24-19(26)12-30-20(27)11-25-21(28)18(32-22(25)31)10-14-4-6-15(29-2)7-5-14/h3-10H,11-12H2,1-2H3,(H,24,26). The lowest BCUT2D eigenvalue weighted by Gasteiger charge is -2.13. The van der Waals surface area contributed by atoms with Gasteiger partial charge in [-0.1, -0.05) is 53.8 Å². The van der Waals surface area contributed by atoms with Crippen molar-refractivity contribution in [3.8, 4) is 5.75 Å². The monoisotopic (exact) mass is 490 g/mol. The molecule has 0 bridgehead atoms. The van der Waals surface area contributed by atoms with Crippen LogP contribution in [0.3, 0.4) is 0 Å². The van der Waals surface area contributed by atoms with Crippen LogP contribution in [0.5, 0.6) is 5.75 Å². The molecule has 1 N–H and O–H groups in total. The second kappa shape index (κ2) is 10.6. The number of carbonyl (C=O) groups excluding carboxylic acids is 3. The molecule has 2 aromatic carbocycles. The van der Waals surface area contributed by atoms with Crippen molar-refractivity contribution in [2.75, 3.05) is 25.6 Å². The molecule has 3 rings (SSSR count). The average molecular weight is 491 g/mol. The van der Waals surface area contributed by atoms with Gasteiger partial charge in [0.2, 0.25) is 0 Å². The number of nitrogens with zero attached hydrogens (tertiary/aromatic N) is 1. The number of nitrogens with one attached hydrogen (secondary N) is 1. The van der Waals surface area contributed by atoms with Gasteiger partial charge in [-0.3, -0.25) is 19.3 Å². The number of hydrogen-bond donors (Lipinski definition) is 1. The van der Waals surface area contributed by atoms with Gasteiger partial charge in [0, 0.05) is 0 Å². The van der Waals surface area contributed by atoms with Crippen LogP contribution in [-0.4, -0.2) is 47.3 Å². The van der Waals surface area contributed by atoms with Crippen molar-refractivity contribution in [3.63, 3.8) is 0 Å². The van der Waals surface area contributed by atoms with Gasteiger partial charge in [-0.2, -0.15) is 0 Å². The first-order valence-electron chi connectivity index (χ1n) is 9.38. The zero-order valence-corrected chi connectivity index (χ0v) is 19.6. The molecule has 0 aliphatic carbocycles. The Bertz CT molecular complexity index is 1100. The van der Waals surface area contributed by atoms with Crippen molar-refractivity contribution < 1.29 is 23.9 Å². The minimum Gasteiger partial charge on any atom is -0.497 e. The zero-order valence-electron chi connectivity index (χ0n) is 17.2. The number of benzene rings is 2. The predicted molar refractivity (Wildman–Crippen MR) is 129 cm³/mol. The molecule has 0 saturated carbocycles. The molecule has 1 saturated heterocycles. The Morgan fingerprint density at radius 3 is 2.59 bits per heavy atom.